The average Bonchev–Trinajstić information content (AvgIpc) is 3.70. The summed E-state index contributed by atoms with van der Waals surface area (Å²) in [7, 11) is 0. The molecule has 2 aromatic rings. The van der Waals surface area contributed by atoms with Crippen molar-refractivity contribution in [3.05, 3.63) is 71.8 Å². The molecule has 16 nitrogen and oxygen atoms in total. The number of carbonyl (C=O) groups is 7. The van der Waals surface area contributed by atoms with Crippen LogP contribution in [0.1, 0.15) is 96.6 Å². The SMILES string of the molecule is CC(C)(CCC(C)(C)NC1CCCC1)CC(=O)NC(Cc1ccccc1)C(=O)NC(Cc1ccccc1)C(=O)NCCC(N)C(=O)NC(CC(=O)O)C(=O)NC(CS)C(=O)O. The lowest BCUT2D eigenvalue weighted by Crippen LogP contribution is -2.56. The van der Waals surface area contributed by atoms with E-state index >= 15 is 0 Å². The molecule has 0 saturated heterocycles. The summed E-state index contributed by atoms with van der Waals surface area (Å²) < 4.78 is 0. The van der Waals surface area contributed by atoms with Crippen LogP contribution >= 0.6 is 12.6 Å². The highest BCUT2D eigenvalue weighted by molar-refractivity contribution is 7.80. The van der Waals surface area contributed by atoms with Gasteiger partial charge in [-0.15, -0.1) is 0 Å². The first kappa shape index (κ1) is 50.4. The minimum atomic E-state index is -1.64. The Bertz CT molecular complexity index is 1770. The third-order valence-corrected chi connectivity index (χ3v) is 11.1. The Morgan fingerprint density at radius 2 is 1.21 bits per heavy atom. The number of aliphatic carboxylic acids is 2. The van der Waals surface area contributed by atoms with Crippen molar-refractivity contribution in [3.8, 4) is 0 Å². The highest BCUT2D eigenvalue weighted by atomic mass is 32.1. The van der Waals surface area contributed by atoms with Crippen molar-refractivity contribution >= 4 is 54.1 Å². The summed E-state index contributed by atoms with van der Waals surface area (Å²) in [5, 5.41) is 35.2. The van der Waals surface area contributed by atoms with E-state index in [0.717, 1.165) is 24.0 Å². The van der Waals surface area contributed by atoms with Crippen molar-refractivity contribution in [2.24, 2.45) is 11.1 Å². The highest BCUT2D eigenvalue weighted by Gasteiger charge is 2.33. The average molecular weight is 868 g/mol. The van der Waals surface area contributed by atoms with Gasteiger partial charge >= 0.3 is 11.9 Å². The number of amides is 5. The van der Waals surface area contributed by atoms with Gasteiger partial charge in [-0.3, -0.25) is 28.8 Å². The van der Waals surface area contributed by atoms with E-state index in [4.69, 9.17) is 5.73 Å². The monoisotopic (exact) mass is 867 g/mol. The lowest BCUT2D eigenvalue weighted by atomic mass is 9.80. The Morgan fingerprint density at radius 3 is 1.74 bits per heavy atom. The molecule has 0 spiro atoms. The number of carboxylic acids is 2. The molecule has 336 valence electrons. The summed E-state index contributed by atoms with van der Waals surface area (Å²) in [5.74, 6) is -6.49. The molecule has 10 N–H and O–H groups in total. The Labute approximate surface area is 364 Å². The predicted molar refractivity (Wildman–Crippen MR) is 234 cm³/mol. The van der Waals surface area contributed by atoms with Gasteiger partial charge < -0.3 is 47.8 Å². The molecular weight excluding hydrogens is 803 g/mol. The number of hydrogen-bond donors (Lipinski definition) is 10. The first-order chi connectivity index (χ1) is 28.8. The Kier molecular flexibility index (Phi) is 20.2. The van der Waals surface area contributed by atoms with E-state index in [1.165, 1.54) is 25.7 Å². The third-order valence-electron chi connectivity index (χ3n) is 10.8. The Morgan fingerprint density at radius 1 is 0.705 bits per heavy atom. The molecule has 61 heavy (non-hydrogen) atoms. The lowest BCUT2D eigenvalue weighted by Gasteiger charge is -2.34. The molecule has 0 aromatic heterocycles. The van der Waals surface area contributed by atoms with Crippen LogP contribution in [0.4, 0.5) is 0 Å². The van der Waals surface area contributed by atoms with Crippen molar-refractivity contribution in [2.75, 3.05) is 12.3 Å². The predicted octanol–water partition coefficient (Wildman–Crippen LogP) is 2.24. The maximum Gasteiger partial charge on any atom is 0.327 e. The van der Waals surface area contributed by atoms with Crippen LogP contribution in [0, 0.1) is 5.41 Å². The second-order valence-corrected chi connectivity index (χ2v) is 17.7. The minimum absolute atomic E-state index is 0.0889. The molecule has 5 amide bonds. The zero-order valence-corrected chi connectivity index (χ0v) is 36.6. The van der Waals surface area contributed by atoms with Gasteiger partial charge in [-0.25, -0.2) is 4.79 Å². The molecule has 0 heterocycles. The molecule has 1 aliphatic rings. The van der Waals surface area contributed by atoms with Gasteiger partial charge in [-0.05, 0) is 62.5 Å². The maximum absolute atomic E-state index is 14.1. The second-order valence-electron chi connectivity index (χ2n) is 17.3. The summed E-state index contributed by atoms with van der Waals surface area (Å²) in [6, 6.07) is 12.3. The number of carboxylic acid groups (broad SMARTS) is 2. The molecule has 0 bridgehead atoms. The highest BCUT2D eigenvalue weighted by Crippen LogP contribution is 2.31. The molecule has 1 fully saturated rings. The molecule has 5 atom stereocenters. The van der Waals surface area contributed by atoms with E-state index in [2.05, 4.69) is 58.4 Å². The summed E-state index contributed by atoms with van der Waals surface area (Å²) in [6.45, 7) is 8.35. The van der Waals surface area contributed by atoms with E-state index in [1.54, 1.807) is 24.3 Å². The summed E-state index contributed by atoms with van der Waals surface area (Å²) >= 11 is 3.87. The number of hydrogen-bond acceptors (Lipinski definition) is 10. The molecular formula is C44H65N7O9S. The number of nitrogens with two attached hydrogens (primary N) is 1. The fourth-order valence-corrected chi connectivity index (χ4v) is 7.48. The molecule has 1 saturated carbocycles. The maximum atomic E-state index is 14.1. The van der Waals surface area contributed by atoms with E-state index in [0.29, 0.717) is 6.04 Å². The van der Waals surface area contributed by atoms with Crippen LogP contribution in [0.2, 0.25) is 0 Å². The summed E-state index contributed by atoms with van der Waals surface area (Å²) in [5.41, 5.74) is 7.16. The lowest BCUT2D eigenvalue weighted by molar-refractivity contribution is -0.143. The fourth-order valence-electron chi connectivity index (χ4n) is 7.23. The van der Waals surface area contributed by atoms with E-state index in [9.17, 15) is 43.8 Å². The molecule has 5 unspecified atom stereocenters. The third kappa shape index (κ3) is 18.7. The minimum Gasteiger partial charge on any atom is -0.481 e. The van der Waals surface area contributed by atoms with Crippen molar-refractivity contribution in [3.63, 3.8) is 0 Å². The van der Waals surface area contributed by atoms with Crippen molar-refractivity contribution in [1.29, 1.82) is 0 Å². The Hall–Kier alpha value is -5.00. The van der Waals surface area contributed by atoms with E-state index < -0.39 is 72.2 Å². The van der Waals surface area contributed by atoms with Crippen LogP contribution in [0.3, 0.4) is 0 Å². The molecule has 3 rings (SSSR count). The van der Waals surface area contributed by atoms with Crippen molar-refractivity contribution in [1.82, 2.24) is 31.9 Å². The largest absolute Gasteiger partial charge is 0.481 e. The quantitative estimate of drug-likeness (QED) is 0.0614. The van der Waals surface area contributed by atoms with E-state index in [1.807, 2.05) is 50.2 Å². The smallest absolute Gasteiger partial charge is 0.327 e. The van der Waals surface area contributed by atoms with Crippen LogP contribution in [-0.2, 0) is 46.4 Å². The van der Waals surface area contributed by atoms with Gasteiger partial charge in [0.1, 0.15) is 24.2 Å². The van der Waals surface area contributed by atoms with Crippen LogP contribution in [0.15, 0.2) is 60.7 Å². The number of nitrogens with one attached hydrogen (secondary N) is 6. The normalized spacial score (nSPS) is 15.6. The number of benzene rings is 2. The van der Waals surface area contributed by atoms with Gasteiger partial charge in [0, 0.05) is 43.1 Å². The second kappa shape index (κ2) is 24.4. The molecule has 0 aliphatic heterocycles. The molecule has 1 aliphatic carbocycles. The standard InChI is InChI=1S/C44H65N7O9S/c1-43(2,20-21-44(3,4)51-30-17-11-12-18-30)26-36(52)47-33(24-29-15-9-6-10-16-29)40(57)49-32(23-28-13-7-5-8-14-28)39(56)46-22-19-31(45)38(55)48-34(25-37(53)54)41(58)50-35(27-61)42(59)60/h5-10,13-16,30-35,51,61H,11-12,17-27,45H2,1-4H3,(H,46,56)(H,47,52)(H,48,55)(H,49,57)(H,50,58)(H,53,54)(H,59,60). The van der Waals surface area contributed by atoms with Gasteiger partial charge in [-0.1, -0.05) is 87.4 Å². The van der Waals surface area contributed by atoms with Crippen LogP contribution in [0.5, 0.6) is 0 Å². The van der Waals surface area contributed by atoms with Crippen LogP contribution in [-0.4, -0.2) is 106 Å². The molecule has 17 heteroatoms. The van der Waals surface area contributed by atoms with Gasteiger partial charge in [-0.2, -0.15) is 12.6 Å². The van der Waals surface area contributed by atoms with Crippen molar-refractivity contribution < 1.29 is 43.8 Å². The zero-order valence-electron chi connectivity index (χ0n) is 35.7. The first-order valence-corrected chi connectivity index (χ1v) is 21.6. The van der Waals surface area contributed by atoms with Gasteiger partial charge in [0.2, 0.25) is 29.5 Å². The van der Waals surface area contributed by atoms with E-state index in [-0.39, 0.29) is 54.8 Å². The van der Waals surface area contributed by atoms with Gasteiger partial charge in [0.25, 0.3) is 0 Å². The zero-order chi connectivity index (χ0) is 45.2. The van der Waals surface area contributed by atoms with Crippen LogP contribution < -0.4 is 37.6 Å². The number of carbonyl (C=O) groups excluding carboxylic acids is 5. The number of rotatable bonds is 26. The summed E-state index contributed by atoms with van der Waals surface area (Å²) in [6.07, 6.45) is 5.97. The Balaban J connectivity index is 1.68. The van der Waals surface area contributed by atoms with Crippen molar-refractivity contribution in [2.45, 2.75) is 140 Å². The summed E-state index contributed by atoms with van der Waals surface area (Å²) in [4.78, 5) is 89.8. The fraction of sp³-hybridized carbons (Fsp3) is 0.568. The van der Waals surface area contributed by atoms with Gasteiger partial charge in [0.05, 0.1) is 12.5 Å². The first-order valence-electron chi connectivity index (χ1n) is 20.9. The topological polar surface area (TPSA) is 258 Å². The number of thiol groups is 1. The molecule has 2 aromatic carbocycles. The van der Waals surface area contributed by atoms with Crippen LogP contribution in [0.25, 0.3) is 0 Å². The van der Waals surface area contributed by atoms with Gasteiger partial charge in [0.15, 0.2) is 0 Å². The molecule has 0 radical (unpaired) electrons.